The average Bonchev–Trinajstić information content (AvgIpc) is 2.75. The second kappa shape index (κ2) is 10.2. The lowest BCUT2D eigenvalue weighted by Crippen LogP contribution is -1.95. The highest BCUT2D eigenvalue weighted by Gasteiger charge is 2.12. The first-order chi connectivity index (χ1) is 12.8. The normalized spacial score (nSPS) is 11.1. The van der Waals surface area contributed by atoms with E-state index in [2.05, 4.69) is 79.7 Å². The molecule has 0 aromatic heterocycles. The topological polar surface area (TPSA) is 9.23 Å². The molecule has 0 heterocycles. The molecule has 0 saturated carbocycles. The molecule has 3 rings (SSSR count). The van der Waals surface area contributed by atoms with Crippen LogP contribution >= 0.6 is 0 Å². The Bertz CT molecular complexity index is 800. The van der Waals surface area contributed by atoms with Gasteiger partial charge in [-0.2, -0.15) is 0 Å². The maximum absolute atomic E-state index is 5.31. The minimum absolute atomic E-state index is 0.879. The van der Waals surface area contributed by atoms with Crippen LogP contribution in [0.5, 0.6) is 5.75 Å². The maximum Gasteiger partial charge on any atom is 0.118 e. The molecule has 0 atom stereocenters. The van der Waals surface area contributed by atoms with Gasteiger partial charge in [-0.3, -0.25) is 0 Å². The van der Waals surface area contributed by atoms with Crippen LogP contribution in [-0.2, 0) is 0 Å². The van der Waals surface area contributed by atoms with Gasteiger partial charge in [0.25, 0.3) is 0 Å². The molecule has 0 aliphatic carbocycles. The van der Waals surface area contributed by atoms with Gasteiger partial charge in [-0.05, 0) is 46.4 Å². The van der Waals surface area contributed by atoms with E-state index in [1.165, 1.54) is 27.8 Å². The fraction of sp³-hybridized carbons (Fsp3) is 0.200. The lowest BCUT2D eigenvalue weighted by Gasteiger charge is -2.16. The third-order valence-electron chi connectivity index (χ3n) is 4.22. The Kier molecular flexibility index (Phi) is 7.70. The van der Waals surface area contributed by atoms with Crippen molar-refractivity contribution in [2.24, 2.45) is 0 Å². The number of benzene rings is 3. The molecule has 1 heteroatoms. The Hall–Kier alpha value is -2.80. The first-order valence-electron chi connectivity index (χ1n) is 9.32. The molecule has 0 saturated heterocycles. The van der Waals surface area contributed by atoms with Gasteiger partial charge in [0.2, 0.25) is 0 Å². The molecular weight excluding hydrogens is 316 g/mol. The molecule has 3 aromatic carbocycles. The van der Waals surface area contributed by atoms with Crippen molar-refractivity contribution >= 4 is 11.1 Å². The predicted octanol–water partition coefficient (Wildman–Crippen LogP) is 7.09. The fourth-order valence-electron chi connectivity index (χ4n) is 3.04. The maximum atomic E-state index is 5.31. The number of hydrogen-bond acceptors (Lipinski definition) is 1. The zero-order valence-corrected chi connectivity index (χ0v) is 16.2. The highest BCUT2D eigenvalue weighted by Crippen LogP contribution is 2.34. The third kappa shape index (κ3) is 4.64. The summed E-state index contributed by atoms with van der Waals surface area (Å²) in [4.78, 5) is 0. The SMILES string of the molecule is CC.CC/C(=C(\c1ccccc1)c1ccc(OC)cc1)c1ccccc1. The first-order valence-corrected chi connectivity index (χ1v) is 9.32. The second-order valence-electron chi connectivity index (χ2n) is 5.67. The van der Waals surface area contributed by atoms with Crippen LogP contribution in [0, 0.1) is 0 Å². The van der Waals surface area contributed by atoms with Gasteiger partial charge in [0.1, 0.15) is 5.75 Å². The Morgan fingerprint density at radius 1 is 0.654 bits per heavy atom. The van der Waals surface area contributed by atoms with Crippen molar-refractivity contribution in [1.82, 2.24) is 0 Å². The first kappa shape index (κ1) is 19.5. The Balaban J connectivity index is 0.00000117. The van der Waals surface area contributed by atoms with E-state index in [1.54, 1.807) is 7.11 Å². The lowest BCUT2D eigenvalue weighted by atomic mass is 9.88. The smallest absolute Gasteiger partial charge is 0.118 e. The van der Waals surface area contributed by atoms with Gasteiger partial charge in [-0.15, -0.1) is 0 Å². The van der Waals surface area contributed by atoms with Crippen LogP contribution in [0.25, 0.3) is 11.1 Å². The molecule has 0 aliphatic rings. The van der Waals surface area contributed by atoms with Crippen LogP contribution in [0.15, 0.2) is 84.9 Å². The van der Waals surface area contributed by atoms with E-state index < -0.39 is 0 Å². The van der Waals surface area contributed by atoms with Crippen molar-refractivity contribution in [1.29, 1.82) is 0 Å². The largest absolute Gasteiger partial charge is 0.497 e. The quantitative estimate of drug-likeness (QED) is 0.449. The van der Waals surface area contributed by atoms with E-state index in [0.29, 0.717) is 0 Å². The molecule has 0 amide bonds. The molecule has 26 heavy (non-hydrogen) atoms. The molecule has 0 spiro atoms. The predicted molar refractivity (Wildman–Crippen MR) is 113 cm³/mol. The molecule has 0 radical (unpaired) electrons. The minimum atomic E-state index is 0.879. The van der Waals surface area contributed by atoms with Gasteiger partial charge in [0, 0.05) is 0 Å². The summed E-state index contributed by atoms with van der Waals surface area (Å²) in [5, 5.41) is 0. The molecule has 134 valence electrons. The summed E-state index contributed by atoms with van der Waals surface area (Å²) >= 11 is 0. The molecule has 0 unspecified atom stereocenters. The van der Waals surface area contributed by atoms with Crippen molar-refractivity contribution in [3.63, 3.8) is 0 Å². The molecule has 1 nitrogen and oxygen atoms in total. The molecular formula is C25H28O. The van der Waals surface area contributed by atoms with Crippen molar-refractivity contribution in [3.05, 3.63) is 102 Å². The summed E-state index contributed by atoms with van der Waals surface area (Å²) < 4.78 is 5.31. The summed E-state index contributed by atoms with van der Waals surface area (Å²) in [6.45, 7) is 6.22. The number of hydrogen-bond donors (Lipinski definition) is 0. The summed E-state index contributed by atoms with van der Waals surface area (Å²) in [7, 11) is 1.70. The fourth-order valence-corrected chi connectivity index (χ4v) is 3.04. The van der Waals surface area contributed by atoms with Crippen molar-refractivity contribution in [2.75, 3.05) is 7.11 Å². The van der Waals surface area contributed by atoms with Gasteiger partial charge in [-0.25, -0.2) is 0 Å². The number of allylic oxidation sites excluding steroid dienone is 1. The van der Waals surface area contributed by atoms with Crippen molar-refractivity contribution in [2.45, 2.75) is 27.2 Å². The van der Waals surface area contributed by atoms with Crippen LogP contribution in [0.4, 0.5) is 0 Å². The van der Waals surface area contributed by atoms with Gasteiger partial charge in [0.15, 0.2) is 0 Å². The van der Waals surface area contributed by atoms with Crippen molar-refractivity contribution in [3.8, 4) is 5.75 Å². The summed E-state index contributed by atoms with van der Waals surface area (Å²) in [6.07, 6.45) is 0.972. The van der Waals surface area contributed by atoms with Crippen LogP contribution in [0.3, 0.4) is 0 Å². The van der Waals surface area contributed by atoms with Gasteiger partial charge in [0.05, 0.1) is 7.11 Å². The Morgan fingerprint density at radius 3 is 1.58 bits per heavy atom. The number of ether oxygens (including phenoxy) is 1. The van der Waals surface area contributed by atoms with E-state index in [4.69, 9.17) is 4.74 Å². The number of rotatable bonds is 5. The molecule has 0 aliphatic heterocycles. The molecule has 3 aromatic rings. The van der Waals surface area contributed by atoms with Gasteiger partial charge < -0.3 is 4.74 Å². The summed E-state index contributed by atoms with van der Waals surface area (Å²) in [5.74, 6) is 0.879. The zero-order chi connectivity index (χ0) is 18.8. The molecule has 0 N–H and O–H groups in total. The van der Waals surface area contributed by atoms with E-state index in [1.807, 2.05) is 26.0 Å². The lowest BCUT2D eigenvalue weighted by molar-refractivity contribution is 0.415. The van der Waals surface area contributed by atoms with E-state index in [0.717, 1.165) is 12.2 Å². The third-order valence-corrected chi connectivity index (χ3v) is 4.22. The average molecular weight is 344 g/mol. The van der Waals surface area contributed by atoms with Crippen LogP contribution < -0.4 is 4.74 Å². The molecule has 0 bridgehead atoms. The monoisotopic (exact) mass is 344 g/mol. The minimum Gasteiger partial charge on any atom is -0.497 e. The highest BCUT2D eigenvalue weighted by molar-refractivity contribution is 5.98. The second-order valence-corrected chi connectivity index (χ2v) is 5.67. The highest BCUT2D eigenvalue weighted by atomic mass is 16.5. The standard InChI is InChI=1S/C23H22O.C2H6/c1-3-22(18-10-6-4-7-11-18)23(19-12-8-5-9-13-19)20-14-16-21(24-2)17-15-20;1-2/h4-17H,3H2,1-2H3;1-2H3/b23-22-;. The Morgan fingerprint density at radius 2 is 1.12 bits per heavy atom. The number of methoxy groups -OCH3 is 1. The summed E-state index contributed by atoms with van der Waals surface area (Å²) in [6, 6.07) is 29.6. The van der Waals surface area contributed by atoms with Gasteiger partial charge in [-0.1, -0.05) is 93.6 Å². The van der Waals surface area contributed by atoms with E-state index in [9.17, 15) is 0 Å². The van der Waals surface area contributed by atoms with Crippen molar-refractivity contribution < 1.29 is 4.74 Å². The van der Waals surface area contributed by atoms with Crippen LogP contribution in [0.1, 0.15) is 43.9 Å². The summed E-state index contributed by atoms with van der Waals surface area (Å²) in [5.41, 5.74) is 6.36. The Labute approximate surface area is 158 Å². The molecule has 0 fully saturated rings. The van der Waals surface area contributed by atoms with E-state index >= 15 is 0 Å². The van der Waals surface area contributed by atoms with Gasteiger partial charge >= 0.3 is 0 Å². The van der Waals surface area contributed by atoms with Crippen LogP contribution in [0.2, 0.25) is 0 Å². The zero-order valence-electron chi connectivity index (χ0n) is 16.2. The van der Waals surface area contributed by atoms with Crippen LogP contribution in [-0.4, -0.2) is 7.11 Å². The van der Waals surface area contributed by atoms with E-state index in [-0.39, 0.29) is 0 Å².